The molecule has 158 valence electrons. The van der Waals surface area contributed by atoms with Crippen molar-refractivity contribution in [2.45, 2.75) is 32.5 Å². The standard InChI is InChI=1S/C25H33N5/c1-26-25(28-19-22-10-12-24(13-11-22)30-16-4-5-17-30)27-18-21-6-8-23(9-7-21)20-29-14-2-3-15-29/h4-13H,2-3,14-20H2,1H3,(H2,26,27,28). The molecule has 5 heteroatoms. The van der Waals surface area contributed by atoms with Crippen LogP contribution >= 0.6 is 0 Å². The first-order valence-corrected chi connectivity index (χ1v) is 11.0. The van der Waals surface area contributed by atoms with Crippen LogP contribution < -0.4 is 15.5 Å². The zero-order valence-electron chi connectivity index (χ0n) is 18.0. The van der Waals surface area contributed by atoms with E-state index in [1.165, 1.54) is 48.3 Å². The molecule has 2 aliphatic heterocycles. The highest BCUT2D eigenvalue weighted by Crippen LogP contribution is 2.17. The zero-order valence-corrected chi connectivity index (χ0v) is 18.0. The van der Waals surface area contributed by atoms with Crippen molar-refractivity contribution < 1.29 is 0 Å². The molecule has 4 rings (SSSR count). The van der Waals surface area contributed by atoms with Gasteiger partial charge in [0.15, 0.2) is 5.96 Å². The maximum absolute atomic E-state index is 4.36. The van der Waals surface area contributed by atoms with Crippen LogP contribution in [0.5, 0.6) is 0 Å². The highest BCUT2D eigenvalue weighted by molar-refractivity contribution is 5.79. The molecule has 0 bridgehead atoms. The number of rotatable bonds is 7. The van der Waals surface area contributed by atoms with E-state index < -0.39 is 0 Å². The fourth-order valence-corrected chi connectivity index (χ4v) is 4.07. The monoisotopic (exact) mass is 403 g/mol. The molecule has 2 aliphatic rings. The van der Waals surface area contributed by atoms with Crippen LogP contribution in [0.1, 0.15) is 29.5 Å². The van der Waals surface area contributed by atoms with E-state index in [0.29, 0.717) is 0 Å². The molecule has 0 radical (unpaired) electrons. The average molecular weight is 404 g/mol. The Labute approximate surface area is 180 Å². The smallest absolute Gasteiger partial charge is 0.191 e. The average Bonchev–Trinajstić information content (AvgIpc) is 3.50. The van der Waals surface area contributed by atoms with Crippen LogP contribution in [0, 0.1) is 0 Å². The Morgan fingerprint density at radius 3 is 1.90 bits per heavy atom. The van der Waals surface area contributed by atoms with Gasteiger partial charge >= 0.3 is 0 Å². The summed E-state index contributed by atoms with van der Waals surface area (Å²) in [7, 11) is 1.82. The lowest BCUT2D eigenvalue weighted by molar-refractivity contribution is 0.331. The minimum absolute atomic E-state index is 0.757. The van der Waals surface area contributed by atoms with Gasteiger partial charge in [-0.3, -0.25) is 9.89 Å². The third kappa shape index (κ3) is 5.63. The first kappa shape index (κ1) is 20.5. The van der Waals surface area contributed by atoms with Gasteiger partial charge in [0.2, 0.25) is 0 Å². The first-order chi connectivity index (χ1) is 14.8. The molecule has 0 amide bonds. The van der Waals surface area contributed by atoms with Crippen molar-refractivity contribution in [2.24, 2.45) is 4.99 Å². The largest absolute Gasteiger partial charge is 0.364 e. The Balaban J connectivity index is 1.21. The molecule has 0 saturated carbocycles. The number of aliphatic imine (C=N–C) groups is 1. The summed E-state index contributed by atoms with van der Waals surface area (Å²) in [6.45, 7) is 7.09. The van der Waals surface area contributed by atoms with E-state index >= 15 is 0 Å². The highest BCUT2D eigenvalue weighted by Gasteiger charge is 2.11. The van der Waals surface area contributed by atoms with E-state index in [9.17, 15) is 0 Å². The lowest BCUT2D eigenvalue weighted by Gasteiger charge is -2.18. The van der Waals surface area contributed by atoms with Crippen LogP contribution in [-0.4, -0.2) is 44.1 Å². The van der Waals surface area contributed by atoms with Crippen molar-refractivity contribution in [1.29, 1.82) is 0 Å². The molecular weight excluding hydrogens is 370 g/mol. The molecule has 2 aromatic rings. The normalized spacial score (nSPS) is 17.0. The number of benzene rings is 2. The highest BCUT2D eigenvalue weighted by atomic mass is 15.2. The van der Waals surface area contributed by atoms with Crippen LogP contribution in [0.4, 0.5) is 5.69 Å². The maximum atomic E-state index is 4.36. The van der Waals surface area contributed by atoms with Crippen LogP contribution in [0.2, 0.25) is 0 Å². The Hall–Kier alpha value is -2.79. The Kier molecular flexibility index (Phi) is 7.03. The van der Waals surface area contributed by atoms with Gasteiger partial charge in [-0.25, -0.2) is 0 Å². The van der Waals surface area contributed by atoms with Gasteiger partial charge in [0.25, 0.3) is 0 Å². The third-order valence-electron chi connectivity index (χ3n) is 5.89. The molecular formula is C25H33N5. The summed E-state index contributed by atoms with van der Waals surface area (Å²) in [6, 6.07) is 17.7. The van der Waals surface area contributed by atoms with E-state index in [0.717, 1.165) is 38.7 Å². The number of likely N-dealkylation sites (tertiary alicyclic amines) is 1. The van der Waals surface area contributed by atoms with Crippen molar-refractivity contribution in [3.05, 3.63) is 77.4 Å². The minimum Gasteiger partial charge on any atom is -0.364 e. The fraction of sp³-hybridized carbons (Fsp3) is 0.400. The number of nitrogens with one attached hydrogen (secondary N) is 2. The van der Waals surface area contributed by atoms with Crippen molar-refractivity contribution in [2.75, 3.05) is 38.1 Å². The summed E-state index contributed by atoms with van der Waals surface area (Å²) < 4.78 is 0. The van der Waals surface area contributed by atoms with E-state index in [1.807, 2.05) is 7.05 Å². The van der Waals surface area contributed by atoms with Crippen LogP contribution in [0.3, 0.4) is 0 Å². The predicted molar refractivity (Wildman–Crippen MR) is 126 cm³/mol. The summed E-state index contributed by atoms with van der Waals surface area (Å²) in [5, 5.41) is 6.83. The second kappa shape index (κ2) is 10.3. The van der Waals surface area contributed by atoms with Crippen LogP contribution in [-0.2, 0) is 19.6 Å². The lowest BCUT2D eigenvalue weighted by atomic mass is 10.1. The quantitative estimate of drug-likeness (QED) is 0.422. The first-order valence-electron chi connectivity index (χ1n) is 11.0. The van der Waals surface area contributed by atoms with E-state index in [1.54, 1.807) is 0 Å². The zero-order chi connectivity index (χ0) is 20.6. The van der Waals surface area contributed by atoms with E-state index in [-0.39, 0.29) is 0 Å². The SMILES string of the molecule is CN=C(NCc1ccc(CN2CCCC2)cc1)NCc1ccc(N2CC=CC2)cc1. The van der Waals surface area contributed by atoms with Crippen LogP contribution in [0.25, 0.3) is 0 Å². The molecule has 2 heterocycles. The molecule has 2 N–H and O–H groups in total. The number of hydrogen-bond acceptors (Lipinski definition) is 3. The molecule has 1 saturated heterocycles. The molecule has 30 heavy (non-hydrogen) atoms. The second-order valence-electron chi connectivity index (χ2n) is 8.12. The van der Waals surface area contributed by atoms with Gasteiger partial charge in [0.05, 0.1) is 0 Å². The minimum atomic E-state index is 0.757. The number of anilines is 1. The number of nitrogens with zero attached hydrogens (tertiary/aromatic N) is 3. The molecule has 1 fully saturated rings. The van der Waals surface area contributed by atoms with Gasteiger partial charge in [-0.2, -0.15) is 0 Å². The molecule has 0 atom stereocenters. The van der Waals surface area contributed by atoms with Gasteiger partial charge in [0, 0.05) is 45.5 Å². The summed E-state index contributed by atoms with van der Waals surface area (Å²) in [4.78, 5) is 9.25. The van der Waals surface area contributed by atoms with Gasteiger partial charge < -0.3 is 15.5 Å². The van der Waals surface area contributed by atoms with E-state index in [4.69, 9.17) is 0 Å². The summed E-state index contributed by atoms with van der Waals surface area (Å²) in [5.74, 6) is 0.823. The maximum Gasteiger partial charge on any atom is 0.191 e. The van der Waals surface area contributed by atoms with Gasteiger partial charge in [-0.05, 0) is 54.8 Å². The molecule has 0 spiro atoms. The Bertz CT molecular complexity index is 840. The number of guanidine groups is 1. The molecule has 0 aliphatic carbocycles. The Morgan fingerprint density at radius 2 is 1.33 bits per heavy atom. The lowest BCUT2D eigenvalue weighted by Crippen LogP contribution is -2.36. The van der Waals surface area contributed by atoms with Crippen molar-refractivity contribution in [3.63, 3.8) is 0 Å². The van der Waals surface area contributed by atoms with Crippen molar-refractivity contribution in [1.82, 2.24) is 15.5 Å². The number of hydrogen-bond donors (Lipinski definition) is 2. The fourth-order valence-electron chi connectivity index (χ4n) is 4.07. The molecule has 5 nitrogen and oxygen atoms in total. The summed E-state index contributed by atoms with van der Waals surface area (Å²) >= 11 is 0. The molecule has 0 aromatic heterocycles. The van der Waals surface area contributed by atoms with E-state index in [2.05, 4.69) is 86.1 Å². The van der Waals surface area contributed by atoms with Gasteiger partial charge in [0.1, 0.15) is 0 Å². The summed E-state index contributed by atoms with van der Waals surface area (Å²) in [5.41, 5.74) is 5.20. The summed E-state index contributed by atoms with van der Waals surface area (Å²) in [6.07, 6.45) is 7.11. The second-order valence-corrected chi connectivity index (χ2v) is 8.12. The van der Waals surface area contributed by atoms with Crippen molar-refractivity contribution >= 4 is 11.6 Å². The third-order valence-corrected chi connectivity index (χ3v) is 5.89. The van der Waals surface area contributed by atoms with Gasteiger partial charge in [-0.1, -0.05) is 48.6 Å². The molecule has 2 aromatic carbocycles. The van der Waals surface area contributed by atoms with Crippen LogP contribution in [0.15, 0.2) is 65.7 Å². The predicted octanol–water partition coefficient (Wildman–Crippen LogP) is 3.52. The van der Waals surface area contributed by atoms with Gasteiger partial charge in [-0.15, -0.1) is 0 Å². The van der Waals surface area contributed by atoms with Crippen molar-refractivity contribution in [3.8, 4) is 0 Å². The topological polar surface area (TPSA) is 42.9 Å². The Morgan fingerprint density at radius 1 is 0.800 bits per heavy atom. The molecule has 0 unspecified atom stereocenters.